The van der Waals surface area contributed by atoms with Crippen molar-refractivity contribution in [1.82, 2.24) is 9.88 Å². The molecule has 0 amide bonds. The Labute approximate surface area is 116 Å². The standard InChI is InChI=1S/C12H17BrClN3/c1-3-16-4-5-17(8-9(16)2)12-11(14)6-10(13)7-15-12/h6-7,9H,3-5,8H2,1-2H3. The second-order valence-electron chi connectivity index (χ2n) is 4.38. The number of rotatable bonds is 2. The van der Waals surface area contributed by atoms with Crippen molar-refractivity contribution in [3.05, 3.63) is 21.8 Å². The Hall–Kier alpha value is -0.320. The molecular formula is C12H17BrClN3. The van der Waals surface area contributed by atoms with E-state index in [1.807, 2.05) is 6.07 Å². The summed E-state index contributed by atoms with van der Waals surface area (Å²) in [7, 11) is 0. The van der Waals surface area contributed by atoms with Gasteiger partial charge in [0.2, 0.25) is 0 Å². The van der Waals surface area contributed by atoms with Crippen LogP contribution in [0.2, 0.25) is 5.02 Å². The summed E-state index contributed by atoms with van der Waals surface area (Å²) in [6.07, 6.45) is 1.80. The zero-order valence-electron chi connectivity index (χ0n) is 10.2. The third-order valence-electron chi connectivity index (χ3n) is 3.26. The molecule has 0 saturated carbocycles. The Morgan fingerprint density at radius 1 is 1.53 bits per heavy atom. The summed E-state index contributed by atoms with van der Waals surface area (Å²) in [5.41, 5.74) is 0. The normalized spacial score (nSPS) is 21.9. The van der Waals surface area contributed by atoms with E-state index in [0.717, 1.165) is 41.5 Å². The third kappa shape index (κ3) is 2.92. The lowest BCUT2D eigenvalue weighted by Crippen LogP contribution is -2.52. The van der Waals surface area contributed by atoms with E-state index >= 15 is 0 Å². The van der Waals surface area contributed by atoms with E-state index in [0.29, 0.717) is 6.04 Å². The van der Waals surface area contributed by atoms with Gasteiger partial charge >= 0.3 is 0 Å². The van der Waals surface area contributed by atoms with Crippen molar-refractivity contribution in [2.75, 3.05) is 31.1 Å². The molecule has 2 heterocycles. The summed E-state index contributed by atoms with van der Waals surface area (Å²) in [6.45, 7) is 8.62. The zero-order chi connectivity index (χ0) is 12.4. The van der Waals surface area contributed by atoms with Crippen molar-refractivity contribution in [2.45, 2.75) is 19.9 Å². The fourth-order valence-electron chi connectivity index (χ4n) is 2.30. The van der Waals surface area contributed by atoms with Crippen molar-refractivity contribution in [3.8, 4) is 0 Å². The molecule has 2 rings (SSSR count). The summed E-state index contributed by atoms with van der Waals surface area (Å²) >= 11 is 9.61. The lowest BCUT2D eigenvalue weighted by Gasteiger charge is -2.40. The molecule has 1 aliphatic rings. The van der Waals surface area contributed by atoms with Crippen LogP contribution in [0.5, 0.6) is 0 Å². The Kier molecular flexibility index (Phi) is 4.28. The average molecular weight is 319 g/mol. The maximum atomic E-state index is 6.23. The van der Waals surface area contributed by atoms with Crippen LogP contribution >= 0.6 is 27.5 Å². The quantitative estimate of drug-likeness (QED) is 0.835. The summed E-state index contributed by atoms with van der Waals surface area (Å²) in [4.78, 5) is 9.16. The maximum Gasteiger partial charge on any atom is 0.147 e. The van der Waals surface area contributed by atoms with Gasteiger partial charge in [0.1, 0.15) is 5.82 Å². The number of anilines is 1. The van der Waals surface area contributed by atoms with Gasteiger partial charge in [-0.05, 0) is 35.5 Å². The molecule has 94 valence electrons. The number of piperazine rings is 1. The predicted octanol–water partition coefficient (Wildman–Crippen LogP) is 3.03. The summed E-state index contributed by atoms with van der Waals surface area (Å²) in [5, 5.41) is 0.719. The summed E-state index contributed by atoms with van der Waals surface area (Å²) < 4.78 is 0.923. The van der Waals surface area contributed by atoms with Gasteiger partial charge in [-0.3, -0.25) is 4.90 Å². The first kappa shape index (κ1) is 13.1. The molecule has 1 saturated heterocycles. The molecule has 5 heteroatoms. The predicted molar refractivity (Wildman–Crippen MR) is 75.9 cm³/mol. The third-order valence-corrected chi connectivity index (χ3v) is 3.97. The van der Waals surface area contributed by atoms with Gasteiger partial charge in [-0.1, -0.05) is 18.5 Å². The van der Waals surface area contributed by atoms with E-state index in [4.69, 9.17) is 11.6 Å². The molecule has 1 atom stereocenters. The second-order valence-corrected chi connectivity index (χ2v) is 5.71. The van der Waals surface area contributed by atoms with E-state index in [-0.39, 0.29) is 0 Å². The van der Waals surface area contributed by atoms with Gasteiger partial charge in [-0.25, -0.2) is 4.98 Å². The highest BCUT2D eigenvalue weighted by Crippen LogP contribution is 2.27. The molecule has 1 fully saturated rings. The molecule has 0 aliphatic carbocycles. The van der Waals surface area contributed by atoms with Gasteiger partial charge < -0.3 is 4.90 Å². The topological polar surface area (TPSA) is 19.4 Å². The second kappa shape index (κ2) is 5.55. The van der Waals surface area contributed by atoms with Crippen LogP contribution in [0.25, 0.3) is 0 Å². The monoisotopic (exact) mass is 317 g/mol. The Morgan fingerprint density at radius 3 is 2.88 bits per heavy atom. The van der Waals surface area contributed by atoms with Gasteiger partial charge in [-0.2, -0.15) is 0 Å². The van der Waals surface area contributed by atoms with Crippen LogP contribution in [0, 0.1) is 0 Å². The van der Waals surface area contributed by atoms with E-state index in [1.54, 1.807) is 6.20 Å². The molecule has 3 nitrogen and oxygen atoms in total. The minimum absolute atomic E-state index is 0.551. The van der Waals surface area contributed by atoms with Crippen LogP contribution in [0.1, 0.15) is 13.8 Å². The maximum absolute atomic E-state index is 6.23. The smallest absolute Gasteiger partial charge is 0.147 e. The summed E-state index contributed by atoms with van der Waals surface area (Å²) in [5.74, 6) is 0.900. The first-order valence-electron chi connectivity index (χ1n) is 5.92. The first-order chi connectivity index (χ1) is 8.11. The van der Waals surface area contributed by atoms with Crippen molar-refractivity contribution >= 4 is 33.3 Å². The highest BCUT2D eigenvalue weighted by atomic mass is 79.9. The van der Waals surface area contributed by atoms with E-state index < -0.39 is 0 Å². The zero-order valence-corrected chi connectivity index (χ0v) is 12.5. The number of hydrogen-bond acceptors (Lipinski definition) is 3. The molecule has 1 aliphatic heterocycles. The van der Waals surface area contributed by atoms with Gasteiger partial charge in [-0.15, -0.1) is 0 Å². The van der Waals surface area contributed by atoms with Crippen LogP contribution in [-0.4, -0.2) is 42.1 Å². The van der Waals surface area contributed by atoms with E-state index in [2.05, 4.69) is 44.6 Å². The SMILES string of the molecule is CCN1CCN(c2ncc(Br)cc2Cl)CC1C. The fourth-order valence-corrected chi connectivity index (χ4v) is 3.05. The van der Waals surface area contributed by atoms with Crippen LogP contribution < -0.4 is 4.90 Å². The van der Waals surface area contributed by atoms with Gasteiger partial charge in [0.05, 0.1) is 5.02 Å². The highest BCUT2D eigenvalue weighted by molar-refractivity contribution is 9.10. The average Bonchev–Trinajstić information content (AvgIpc) is 2.29. The van der Waals surface area contributed by atoms with Crippen molar-refractivity contribution in [2.24, 2.45) is 0 Å². The van der Waals surface area contributed by atoms with Crippen LogP contribution in [0.3, 0.4) is 0 Å². The van der Waals surface area contributed by atoms with Gasteiger partial charge in [0.15, 0.2) is 0 Å². The minimum Gasteiger partial charge on any atom is -0.353 e. The molecular weight excluding hydrogens is 302 g/mol. The highest BCUT2D eigenvalue weighted by Gasteiger charge is 2.24. The van der Waals surface area contributed by atoms with Crippen molar-refractivity contribution < 1.29 is 0 Å². The first-order valence-corrected chi connectivity index (χ1v) is 7.09. The molecule has 0 spiro atoms. The van der Waals surface area contributed by atoms with Crippen LogP contribution in [0.4, 0.5) is 5.82 Å². The number of halogens is 2. The Morgan fingerprint density at radius 2 is 2.29 bits per heavy atom. The lowest BCUT2D eigenvalue weighted by atomic mass is 10.2. The molecule has 1 aromatic heterocycles. The van der Waals surface area contributed by atoms with Gasteiger partial charge in [0.25, 0.3) is 0 Å². The molecule has 0 radical (unpaired) electrons. The number of aromatic nitrogens is 1. The molecule has 0 aromatic carbocycles. The number of likely N-dealkylation sites (N-methyl/N-ethyl adjacent to an activating group) is 1. The molecule has 1 aromatic rings. The lowest BCUT2D eigenvalue weighted by molar-refractivity contribution is 0.199. The number of nitrogens with zero attached hydrogens (tertiary/aromatic N) is 3. The van der Waals surface area contributed by atoms with E-state index in [9.17, 15) is 0 Å². The Balaban J connectivity index is 2.14. The molecule has 0 N–H and O–H groups in total. The fraction of sp³-hybridized carbons (Fsp3) is 0.583. The number of pyridine rings is 1. The Bertz CT molecular complexity index is 399. The van der Waals surface area contributed by atoms with Crippen molar-refractivity contribution in [3.63, 3.8) is 0 Å². The molecule has 0 bridgehead atoms. The van der Waals surface area contributed by atoms with E-state index in [1.165, 1.54) is 0 Å². The van der Waals surface area contributed by atoms with Gasteiger partial charge in [0, 0.05) is 36.3 Å². The van der Waals surface area contributed by atoms with Crippen LogP contribution in [-0.2, 0) is 0 Å². The van der Waals surface area contributed by atoms with Crippen molar-refractivity contribution in [1.29, 1.82) is 0 Å². The largest absolute Gasteiger partial charge is 0.353 e. The minimum atomic E-state index is 0.551. The number of hydrogen-bond donors (Lipinski definition) is 0. The summed E-state index contributed by atoms with van der Waals surface area (Å²) in [6, 6.07) is 2.45. The molecule has 17 heavy (non-hydrogen) atoms. The van der Waals surface area contributed by atoms with Crippen LogP contribution in [0.15, 0.2) is 16.7 Å². The molecule has 1 unspecified atom stereocenters.